The van der Waals surface area contributed by atoms with Gasteiger partial charge in [-0.15, -0.1) is 6.58 Å². The van der Waals surface area contributed by atoms with Gasteiger partial charge in [0.2, 0.25) is 0 Å². The van der Waals surface area contributed by atoms with E-state index in [0.717, 1.165) is 19.6 Å². The number of hydrogen-bond donors (Lipinski definition) is 0. The zero-order chi connectivity index (χ0) is 8.53. The van der Waals surface area contributed by atoms with Gasteiger partial charge in [-0.05, 0) is 30.6 Å². The average Bonchev–Trinajstić information content (AvgIpc) is 1.96. The Morgan fingerprint density at radius 1 is 1.36 bits per heavy atom. The van der Waals surface area contributed by atoms with Crippen LogP contribution in [0.25, 0.3) is 0 Å². The highest BCUT2D eigenvalue weighted by molar-refractivity contribution is 14.1. The van der Waals surface area contributed by atoms with E-state index in [0.29, 0.717) is 0 Å². The zero-order valence-corrected chi connectivity index (χ0v) is 9.39. The fourth-order valence-corrected chi connectivity index (χ4v) is 1.19. The van der Waals surface area contributed by atoms with Crippen LogP contribution in [0.4, 0.5) is 0 Å². The molecule has 0 aliphatic heterocycles. The summed E-state index contributed by atoms with van der Waals surface area (Å²) in [4.78, 5) is 0. The first-order valence-electron chi connectivity index (χ1n) is 4.05. The number of hydrogen-bond acceptors (Lipinski definition) is 1. The standard InChI is InChI=1S/C9H17IO/c1-9(2)5-8-11-7-4-3-6-10/h1,3-8H2,2H3. The van der Waals surface area contributed by atoms with Gasteiger partial charge in [0.05, 0.1) is 6.61 Å². The van der Waals surface area contributed by atoms with Crippen LogP contribution in [-0.4, -0.2) is 17.6 Å². The molecule has 0 fully saturated rings. The van der Waals surface area contributed by atoms with E-state index in [2.05, 4.69) is 29.2 Å². The maximum atomic E-state index is 5.38. The van der Waals surface area contributed by atoms with Crippen LogP contribution in [0.1, 0.15) is 26.2 Å². The van der Waals surface area contributed by atoms with Gasteiger partial charge >= 0.3 is 0 Å². The van der Waals surface area contributed by atoms with Crippen molar-refractivity contribution in [3.63, 3.8) is 0 Å². The Morgan fingerprint density at radius 3 is 2.64 bits per heavy atom. The highest BCUT2D eigenvalue weighted by Gasteiger charge is 1.89. The number of ether oxygens (including phenoxy) is 1. The lowest BCUT2D eigenvalue weighted by Crippen LogP contribution is -1.97. The molecule has 66 valence electrons. The molecule has 0 aromatic carbocycles. The molecule has 0 radical (unpaired) electrons. The van der Waals surface area contributed by atoms with Crippen LogP contribution in [0, 0.1) is 0 Å². The molecule has 0 bridgehead atoms. The SMILES string of the molecule is C=C(C)CCOCCCCI. The highest BCUT2D eigenvalue weighted by Crippen LogP contribution is 1.98. The maximum Gasteiger partial charge on any atom is 0.0502 e. The van der Waals surface area contributed by atoms with Crippen molar-refractivity contribution < 1.29 is 4.74 Å². The van der Waals surface area contributed by atoms with Gasteiger partial charge in [0.1, 0.15) is 0 Å². The molecule has 0 saturated heterocycles. The maximum absolute atomic E-state index is 5.38. The summed E-state index contributed by atoms with van der Waals surface area (Å²) in [6.07, 6.45) is 3.47. The van der Waals surface area contributed by atoms with Gasteiger partial charge < -0.3 is 4.74 Å². The van der Waals surface area contributed by atoms with Crippen LogP contribution >= 0.6 is 22.6 Å². The number of rotatable bonds is 7. The van der Waals surface area contributed by atoms with Gasteiger partial charge in [0.25, 0.3) is 0 Å². The molecule has 2 heteroatoms. The van der Waals surface area contributed by atoms with E-state index in [4.69, 9.17) is 4.74 Å². The molecule has 0 atom stereocenters. The summed E-state index contributed by atoms with van der Waals surface area (Å²) in [5.74, 6) is 0. The fourth-order valence-electron chi connectivity index (χ4n) is 0.647. The minimum atomic E-state index is 0.844. The summed E-state index contributed by atoms with van der Waals surface area (Å²) in [5.41, 5.74) is 1.21. The van der Waals surface area contributed by atoms with E-state index in [-0.39, 0.29) is 0 Å². The monoisotopic (exact) mass is 268 g/mol. The topological polar surface area (TPSA) is 9.23 Å². The summed E-state index contributed by atoms with van der Waals surface area (Å²) in [5, 5.41) is 0. The molecular formula is C9H17IO. The zero-order valence-electron chi connectivity index (χ0n) is 7.24. The summed E-state index contributed by atoms with van der Waals surface area (Å²) in [6.45, 7) is 7.60. The Balaban J connectivity index is 2.85. The Labute approximate surface area is 83.3 Å². The van der Waals surface area contributed by atoms with Gasteiger partial charge in [-0.1, -0.05) is 28.2 Å². The lowest BCUT2D eigenvalue weighted by Gasteiger charge is -2.02. The van der Waals surface area contributed by atoms with E-state index in [1.165, 1.54) is 22.8 Å². The molecule has 0 heterocycles. The second-order valence-corrected chi connectivity index (χ2v) is 3.79. The van der Waals surface area contributed by atoms with Crippen molar-refractivity contribution in [2.45, 2.75) is 26.2 Å². The Bertz CT molecular complexity index is 102. The quantitative estimate of drug-likeness (QED) is 0.298. The van der Waals surface area contributed by atoms with E-state index in [9.17, 15) is 0 Å². The fraction of sp³-hybridized carbons (Fsp3) is 0.778. The molecule has 0 aromatic heterocycles. The van der Waals surface area contributed by atoms with Crippen molar-refractivity contribution in [1.29, 1.82) is 0 Å². The molecule has 0 amide bonds. The van der Waals surface area contributed by atoms with Crippen LogP contribution in [0.3, 0.4) is 0 Å². The molecule has 0 aliphatic carbocycles. The predicted molar refractivity (Wildman–Crippen MR) is 58.4 cm³/mol. The molecule has 0 unspecified atom stereocenters. The van der Waals surface area contributed by atoms with E-state index in [1.54, 1.807) is 0 Å². The van der Waals surface area contributed by atoms with Crippen molar-refractivity contribution in [2.75, 3.05) is 17.6 Å². The third-order valence-corrected chi connectivity index (χ3v) is 2.11. The van der Waals surface area contributed by atoms with Gasteiger partial charge in [0.15, 0.2) is 0 Å². The van der Waals surface area contributed by atoms with Crippen molar-refractivity contribution in [1.82, 2.24) is 0 Å². The summed E-state index contributed by atoms with van der Waals surface area (Å²) in [7, 11) is 0. The normalized spacial score (nSPS) is 10.0. The van der Waals surface area contributed by atoms with Crippen molar-refractivity contribution in [3.05, 3.63) is 12.2 Å². The predicted octanol–water partition coefficient (Wildman–Crippen LogP) is 3.18. The Hall–Kier alpha value is 0.430. The van der Waals surface area contributed by atoms with E-state index >= 15 is 0 Å². The minimum Gasteiger partial charge on any atom is -0.381 e. The average molecular weight is 268 g/mol. The van der Waals surface area contributed by atoms with Crippen LogP contribution in [0.15, 0.2) is 12.2 Å². The van der Waals surface area contributed by atoms with Crippen molar-refractivity contribution in [2.24, 2.45) is 0 Å². The molecule has 0 saturated carbocycles. The number of unbranched alkanes of at least 4 members (excludes halogenated alkanes) is 1. The van der Waals surface area contributed by atoms with Crippen LogP contribution in [-0.2, 0) is 4.74 Å². The van der Waals surface area contributed by atoms with Crippen LogP contribution in [0.2, 0.25) is 0 Å². The van der Waals surface area contributed by atoms with E-state index < -0.39 is 0 Å². The Morgan fingerprint density at radius 2 is 2.09 bits per heavy atom. The number of alkyl halides is 1. The molecule has 11 heavy (non-hydrogen) atoms. The molecule has 0 spiro atoms. The van der Waals surface area contributed by atoms with Crippen LogP contribution in [0.5, 0.6) is 0 Å². The van der Waals surface area contributed by atoms with E-state index in [1.807, 2.05) is 6.92 Å². The second kappa shape index (κ2) is 8.53. The summed E-state index contributed by atoms with van der Waals surface area (Å²) >= 11 is 2.39. The molecule has 0 aromatic rings. The minimum absolute atomic E-state index is 0.844. The van der Waals surface area contributed by atoms with Gasteiger partial charge in [-0.2, -0.15) is 0 Å². The molecule has 0 rings (SSSR count). The lowest BCUT2D eigenvalue weighted by molar-refractivity contribution is 0.134. The molecule has 0 aliphatic rings. The van der Waals surface area contributed by atoms with Gasteiger partial charge in [-0.25, -0.2) is 0 Å². The van der Waals surface area contributed by atoms with Crippen molar-refractivity contribution in [3.8, 4) is 0 Å². The molecule has 0 N–H and O–H groups in total. The first-order valence-corrected chi connectivity index (χ1v) is 5.58. The van der Waals surface area contributed by atoms with Crippen LogP contribution < -0.4 is 0 Å². The molecular weight excluding hydrogens is 251 g/mol. The number of halogens is 1. The third-order valence-electron chi connectivity index (χ3n) is 1.35. The Kier molecular flexibility index (Phi) is 8.86. The highest BCUT2D eigenvalue weighted by atomic mass is 127. The molecule has 1 nitrogen and oxygen atoms in total. The first kappa shape index (κ1) is 11.4. The second-order valence-electron chi connectivity index (χ2n) is 2.72. The summed E-state index contributed by atoms with van der Waals surface area (Å²) in [6, 6.07) is 0. The summed E-state index contributed by atoms with van der Waals surface area (Å²) < 4.78 is 6.62. The van der Waals surface area contributed by atoms with Crippen molar-refractivity contribution >= 4 is 22.6 Å². The van der Waals surface area contributed by atoms with Gasteiger partial charge in [-0.3, -0.25) is 0 Å². The first-order chi connectivity index (χ1) is 5.27. The lowest BCUT2D eigenvalue weighted by atomic mass is 10.3. The van der Waals surface area contributed by atoms with Gasteiger partial charge in [0, 0.05) is 6.61 Å². The smallest absolute Gasteiger partial charge is 0.0502 e. The third kappa shape index (κ3) is 10.4. The largest absolute Gasteiger partial charge is 0.381 e.